The number of rotatable bonds is 3. The van der Waals surface area contributed by atoms with Crippen LogP contribution in [-0.2, 0) is 9.59 Å². The third kappa shape index (κ3) is 18.8. The molecule has 0 bridgehead atoms. The molecule has 0 aromatic carbocycles. The zero-order valence-corrected chi connectivity index (χ0v) is 12.9. The molecule has 0 aromatic heterocycles. The van der Waals surface area contributed by atoms with Crippen molar-refractivity contribution < 1.29 is 30.2 Å². The normalized spacial score (nSPS) is 11.2. The molecular formula is C10H18Cl2N2O6. The van der Waals surface area contributed by atoms with E-state index in [4.69, 9.17) is 43.8 Å². The van der Waals surface area contributed by atoms with Gasteiger partial charge in [0.2, 0.25) is 10.3 Å². The van der Waals surface area contributed by atoms with Gasteiger partial charge in [0.15, 0.2) is 0 Å². The quantitative estimate of drug-likeness (QED) is 0.355. The first-order chi connectivity index (χ1) is 9.00. The summed E-state index contributed by atoms with van der Waals surface area (Å²) >= 11 is 9.99. The van der Waals surface area contributed by atoms with Gasteiger partial charge >= 0.3 is 11.9 Å². The fourth-order valence-corrected chi connectivity index (χ4v) is 0.158. The van der Waals surface area contributed by atoms with Gasteiger partial charge in [-0.15, -0.1) is 0 Å². The number of carboxylic acids is 2. The average molecular weight is 333 g/mol. The molecule has 0 atom stereocenters. The highest BCUT2D eigenvalue weighted by Crippen LogP contribution is 1.93. The van der Waals surface area contributed by atoms with Gasteiger partial charge in [-0.2, -0.15) is 0 Å². The van der Waals surface area contributed by atoms with Crippen LogP contribution >= 0.6 is 23.2 Å². The molecule has 0 aliphatic heterocycles. The average Bonchev–Trinajstić information content (AvgIpc) is 2.37. The third-order valence-corrected chi connectivity index (χ3v) is 1.94. The second kappa shape index (κ2) is 13.9. The Kier molecular flexibility index (Phi) is 16.3. The van der Waals surface area contributed by atoms with Gasteiger partial charge in [0.05, 0.1) is 11.8 Å². The summed E-state index contributed by atoms with van der Waals surface area (Å²) in [5.41, 5.74) is 0. The Hall–Kier alpha value is -1.54. The lowest BCUT2D eigenvalue weighted by atomic mass is 10.2. The summed E-state index contributed by atoms with van der Waals surface area (Å²) in [5.74, 6) is -1.94. The minimum absolute atomic E-state index is 0.231. The topological polar surface area (TPSA) is 140 Å². The molecule has 0 saturated carbocycles. The first-order valence-electron chi connectivity index (χ1n) is 5.22. The Morgan fingerprint density at radius 1 is 0.800 bits per heavy atom. The monoisotopic (exact) mass is 332 g/mol. The second-order valence-corrected chi connectivity index (χ2v) is 4.48. The Morgan fingerprint density at radius 3 is 1.00 bits per heavy atom. The minimum atomic E-state index is -0.741. The van der Waals surface area contributed by atoms with Crippen LogP contribution in [0.1, 0.15) is 27.7 Å². The van der Waals surface area contributed by atoms with E-state index in [1.807, 2.05) is 0 Å². The van der Waals surface area contributed by atoms with E-state index in [-0.39, 0.29) is 11.8 Å². The minimum Gasteiger partial charge on any atom is -0.481 e. The summed E-state index contributed by atoms with van der Waals surface area (Å²) in [5, 5.41) is 35.6. The third-order valence-electron chi connectivity index (χ3n) is 1.33. The van der Waals surface area contributed by atoms with E-state index >= 15 is 0 Å². The fraction of sp³-hybridized carbons (Fsp3) is 0.600. The summed E-state index contributed by atoms with van der Waals surface area (Å²) in [6.45, 7) is 6.56. The highest BCUT2D eigenvalue weighted by Gasteiger charge is 2.01. The van der Waals surface area contributed by atoms with Gasteiger partial charge in [-0.25, -0.2) is 0 Å². The van der Waals surface area contributed by atoms with Gasteiger partial charge in [0.25, 0.3) is 0 Å². The summed E-state index contributed by atoms with van der Waals surface area (Å²) in [4.78, 5) is 19.4. The molecule has 0 heterocycles. The van der Waals surface area contributed by atoms with Crippen molar-refractivity contribution in [2.24, 2.45) is 22.1 Å². The lowest BCUT2D eigenvalue weighted by Crippen LogP contribution is -2.03. The molecule has 0 aromatic rings. The van der Waals surface area contributed by atoms with Crippen LogP contribution in [0.4, 0.5) is 0 Å². The summed E-state index contributed by atoms with van der Waals surface area (Å²) in [6, 6.07) is 0. The molecule has 0 amide bonds. The van der Waals surface area contributed by atoms with E-state index in [9.17, 15) is 9.59 Å². The Bertz CT molecular complexity index is 322. The van der Waals surface area contributed by atoms with Crippen molar-refractivity contribution in [2.45, 2.75) is 27.7 Å². The zero-order chi connectivity index (χ0) is 16.9. The lowest BCUT2D eigenvalue weighted by Gasteiger charge is -1.89. The highest BCUT2D eigenvalue weighted by molar-refractivity contribution is 7.00. The van der Waals surface area contributed by atoms with Crippen LogP contribution in [0.3, 0.4) is 0 Å². The van der Waals surface area contributed by atoms with Crippen LogP contribution in [-0.4, -0.2) is 42.9 Å². The molecule has 0 saturated heterocycles. The highest BCUT2D eigenvalue weighted by atomic mass is 35.5. The largest absolute Gasteiger partial charge is 0.481 e. The van der Waals surface area contributed by atoms with Gasteiger partial charge in [-0.05, 0) is 0 Å². The van der Waals surface area contributed by atoms with Crippen molar-refractivity contribution in [3.63, 3.8) is 0 Å². The molecule has 4 N–H and O–H groups in total. The van der Waals surface area contributed by atoms with Crippen LogP contribution in [0.25, 0.3) is 0 Å². The zero-order valence-electron chi connectivity index (χ0n) is 11.4. The van der Waals surface area contributed by atoms with E-state index in [1.54, 1.807) is 27.7 Å². The van der Waals surface area contributed by atoms with Gasteiger partial charge in [0, 0.05) is 0 Å². The van der Waals surface area contributed by atoms with E-state index in [0.29, 0.717) is 0 Å². The summed E-state index contributed by atoms with van der Waals surface area (Å²) in [7, 11) is 0. The maximum atomic E-state index is 9.70. The number of hydrogen-bond donors (Lipinski definition) is 4. The van der Waals surface area contributed by atoms with Crippen molar-refractivity contribution in [2.75, 3.05) is 0 Å². The second-order valence-electron chi connectivity index (χ2n) is 3.77. The number of carbonyl (C=O) groups is 2. The Morgan fingerprint density at radius 2 is 0.950 bits per heavy atom. The molecule has 10 heteroatoms. The van der Waals surface area contributed by atoms with Crippen molar-refractivity contribution in [1.29, 1.82) is 0 Å². The SMILES string of the molecule is CC(C)C(=O)O.CC(C)C(=O)O.ON=C(Cl)C(Cl)=NO. The maximum absolute atomic E-state index is 9.70. The first-order valence-corrected chi connectivity index (χ1v) is 5.97. The Labute approximate surface area is 126 Å². The van der Waals surface area contributed by atoms with Crippen LogP contribution in [0.5, 0.6) is 0 Å². The molecule has 0 radical (unpaired) electrons. The van der Waals surface area contributed by atoms with Gasteiger partial charge in [0.1, 0.15) is 0 Å². The molecule has 118 valence electrons. The first kappa shape index (κ1) is 23.5. The van der Waals surface area contributed by atoms with Crippen LogP contribution in [0.15, 0.2) is 10.3 Å². The summed E-state index contributed by atoms with van der Waals surface area (Å²) < 4.78 is 0. The number of oxime groups is 2. The van der Waals surface area contributed by atoms with E-state index in [0.717, 1.165) is 0 Å². The van der Waals surface area contributed by atoms with Crippen LogP contribution < -0.4 is 0 Å². The van der Waals surface area contributed by atoms with Gasteiger partial charge < -0.3 is 20.6 Å². The molecule has 0 unspecified atom stereocenters. The number of carboxylic acid groups (broad SMARTS) is 2. The van der Waals surface area contributed by atoms with Gasteiger partial charge in [-0.3, -0.25) is 9.59 Å². The Balaban J connectivity index is -0.000000221. The van der Waals surface area contributed by atoms with Gasteiger partial charge in [-0.1, -0.05) is 61.2 Å². The molecule has 0 spiro atoms. The van der Waals surface area contributed by atoms with E-state index in [2.05, 4.69) is 10.3 Å². The van der Waals surface area contributed by atoms with Crippen molar-refractivity contribution >= 4 is 45.5 Å². The van der Waals surface area contributed by atoms with E-state index < -0.39 is 22.3 Å². The van der Waals surface area contributed by atoms with Crippen molar-refractivity contribution in [3.8, 4) is 0 Å². The van der Waals surface area contributed by atoms with Crippen molar-refractivity contribution in [3.05, 3.63) is 0 Å². The van der Waals surface area contributed by atoms with Crippen molar-refractivity contribution in [1.82, 2.24) is 0 Å². The van der Waals surface area contributed by atoms with E-state index in [1.165, 1.54) is 0 Å². The van der Waals surface area contributed by atoms with Crippen LogP contribution in [0, 0.1) is 11.8 Å². The standard InChI is InChI=1S/2C4H8O2.C2H2Cl2N2O2/c2*1-3(2)4(5)6;3-1(5-7)2(4)6-8/h2*3H,1-2H3,(H,5,6);7-8H. The lowest BCUT2D eigenvalue weighted by molar-refractivity contribution is -0.141. The maximum Gasteiger partial charge on any atom is 0.305 e. The molecule has 0 aliphatic carbocycles. The number of hydrogen-bond acceptors (Lipinski definition) is 6. The number of nitrogens with zero attached hydrogens (tertiary/aromatic N) is 2. The fourth-order valence-electron chi connectivity index (χ4n) is 0.0825. The smallest absolute Gasteiger partial charge is 0.305 e. The number of aliphatic carboxylic acids is 2. The molecule has 0 fully saturated rings. The molecule has 0 aliphatic rings. The van der Waals surface area contributed by atoms with Crippen LogP contribution in [0.2, 0.25) is 0 Å². The molecule has 0 rings (SSSR count). The molecule has 20 heavy (non-hydrogen) atoms. The number of halogens is 2. The molecule has 8 nitrogen and oxygen atoms in total. The summed E-state index contributed by atoms with van der Waals surface area (Å²) in [6.07, 6.45) is 0. The predicted molar refractivity (Wildman–Crippen MR) is 75.1 cm³/mol. The molecular weight excluding hydrogens is 315 g/mol. The predicted octanol–water partition coefficient (Wildman–Crippen LogP) is 2.49.